The first-order valence-corrected chi connectivity index (χ1v) is 11.3. The molecule has 0 aliphatic heterocycles. The normalized spacial score (nSPS) is 12.0. The van der Waals surface area contributed by atoms with Gasteiger partial charge in [0.2, 0.25) is 0 Å². The summed E-state index contributed by atoms with van der Waals surface area (Å²) in [5.74, 6) is -0.279. The van der Waals surface area contributed by atoms with Gasteiger partial charge in [0.25, 0.3) is 5.56 Å². The van der Waals surface area contributed by atoms with Gasteiger partial charge in [0.05, 0.1) is 43.0 Å². The van der Waals surface area contributed by atoms with Gasteiger partial charge in [-0.2, -0.15) is 0 Å². The lowest BCUT2D eigenvalue weighted by Crippen LogP contribution is -2.32. The first-order valence-electron chi connectivity index (χ1n) is 10.5. The van der Waals surface area contributed by atoms with Gasteiger partial charge in [-0.15, -0.1) is 11.3 Å². The first-order chi connectivity index (χ1) is 16.0. The third kappa shape index (κ3) is 5.98. The zero-order valence-corrected chi connectivity index (χ0v) is 19.5. The van der Waals surface area contributed by atoms with Crippen molar-refractivity contribution in [1.29, 1.82) is 0 Å². The van der Waals surface area contributed by atoms with Crippen molar-refractivity contribution in [2.24, 2.45) is 0 Å². The highest BCUT2D eigenvalue weighted by atomic mass is 32.1. The Morgan fingerprint density at radius 3 is 2.42 bits per heavy atom. The number of methoxy groups -OCH3 is 1. The van der Waals surface area contributed by atoms with Gasteiger partial charge < -0.3 is 14.2 Å². The lowest BCUT2D eigenvalue weighted by atomic mass is 10.1. The predicted octanol–water partition coefficient (Wildman–Crippen LogP) is 2.32. The van der Waals surface area contributed by atoms with E-state index in [1.165, 1.54) is 29.1 Å². The monoisotopic (exact) mass is 467 g/mol. The summed E-state index contributed by atoms with van der Waals surface area (Å²) in [6.45, 7) is 4.58. The molecule has 2 aromatic carbocycles. The van der Waals surface area contributed by atoms with Crippen molar-refractivity contribution in [3.8, 4) is 5.75 Å². The van der Waals surface area contributed by atoms with E-state index in [0.29, 0.717) is 27.1 Å². The number of hydrogen-bond donors (Lipinski definition) is 0. The summed E-state index contributed by atoms with van der Waals surface area (Å²) in [6.07, 6.45) is 3.08. The third-order valence-corrected chi connectivity index (χ3v) is 5.75. The Kier molecular flexibility index (Phi) is 8.21. The zero-order chi connectivity index (χ0) is 23.8. The number of para-hydroxylation sites is 1. The van der Waals surface area contributed by atoms with Crippen LogP contribution >= 0.6 is 11.3 Å². The Labute approximate surface area is 195 Å². The smallest absolute Gasteiger partial charge is 0.337 e. The highest BCUT2D eigenvalue weighted by molar-refractivity contribution is 7.07. The number of nitrogens with zero attached hydrogens (tertiary/aromatic N) is 1. The van der Waals surface area contributed by atoms with Crippen LogP contribution in [0.2, 0.25) is 0 Å². The molecule has 8 heteroatoms. The van der Waals surface area contributed by atoms with Crippen LogP contribution < -0.4 is 19.5 Å². The number of aromatic nitrogens is 1. The fraction of sp³-hybridized carbons (Fsp3) is 0.240. The lowest BCUT2D eigenvalue weighted by Gasteiger charge is -2.05. The number of rotatable bonds is 8. The molecule has 0 amide bonds. The molecule has 0 aliphatic rings. The largest absolute Gasteiger partial charge is 0.493 e. The van der Waals surface area contributed by atoms with E-state index in [0.717, 1.165) is 11.1 Å². The van der Waals surface area contributed by atoms with Gasteiger partial charge in [-0.25, -0.2) is 9.59 Å². The number of benzene rings is 2. The molecule has 0 aliphatic carbocycles. The van der Waals surface area contributed by atoms with Gasteiger partial charge in [-0.3, -0.25) is 9.36 Å². The van der Waals surface area contributed by atoms with Crippen LogP contribution in [-0.4, -0.2) is 36.8 Å². The van der Waals surface area contributed by atoms with Gasteiger partial charge in [0.15, 0.2) is 0 Å². The first kappa shape index (κ1) is 24.0. The molecule has 1 aromatic heterocycles. The minimum Gasteiger partial charge on any atom is -0.493 e. The molecule has 0 unspecified atom stereocenters. The van der Waals surface area contributed by atoms with Gasteiger partial charge >= 0.3 is 11.9 Å². The molecule has 0 bridgehead atoms. The van der Waals surface area contributed by atoms with Crippen molar-refractivity contribution in [3.05, 3.63) is 84.8 Å². The van der Waals surface area contributed by atoms with Crippen LogP contribution in [0.1, 0.15) is 35.3 Å². The molecule has 3 rings (SSSR count). The van der Waals surface area contributed by atoms with Crippen LogP contribution in [0, 0.1) is 0 Å². The van der Waals surface area contributed by atoms with Crippen molar-refractivity contribution in [2.75, 3.05) is 20.3 Å². The van der Waals surface area contributed by atoms with E-state index in [1.807, 2.05) is 31.2 Å². The van der Waals surface area contributed by atoms with Crippen LogP contribution in [0.15, 0.2) is 53.3 Å². The molecular formula is C25H25NO6S. The second kappa shape index (κ2) is 11.3. The highest BCUT2D eigenvalue weighted by Crippen LogP contribution is 2.18. The zero-order valence-electron chi connectivity index (χ0n) is 18.7. The molecule has 0 atom stereocenters. The average Bonchev–Trinajstić information content (AvgIpc) is 3.09. The SMILES string of the molecule is CCOC(=O)/C=c1\s/c(=C\c2ccccc2OCC)c(=O)n1Cc1ccc(C(=O)OC)cc1. The average molecular weight is 468 g/mol. The summed E-state index contributed by atoms with van der Waals surface area (Å²) >= 11 is 1.20. The highest BCUT2D eigenvalue weighted by Gasteiger charge is 2.10. The Morgan fingerprint density at radius 1 is 1.03 bits per heavy atom. The molecule has 0 saturated heterocycles. The molecule has 0 N–H and O–H groups in total. The number of esters is 2. The molecule has 0 fully saturated rings. The van der Waals surface area contributed by atoms with E-state index in [2.05, 4.69) is 0 Å². The quantitative estimate of drug-likeness (QED) is 0.473. The van der Waals surface area contributed by atoms with Crippen molar-refractivity contribution >= 4 is 35.4 Å². The Bertz CT molecular complexity index is 1300. The lowest BCUT2D eigenvalue weighted by molar-refractivity contribution is -0.135. The minimum absolute atomic E-state index is 0.225. The van der Waals surface area contributed by atoms with Crippen molar-refractivity contribution < 1.29 is 23.8 Å². The maximum atomic E-state index is 13.3. The summed E-state index contributed by atoms with van der Waals surface area (Å²) in [7, 11) is 1.32. The predicted molar refractivity (Wildman–Crippen MR) is 127 cm³/mol. The Balaban J connectivity index is 2.09. The maximum Gasteiger partial charge on any atom is 0.337 e. The molecule has 0 radical (unpaired) electrons. The van der Waals surface area contributed by atoms with E-state index in [9.17, 15) is 14.4 Å². The van der Waals surface area contributed by atoms with Crippen LogP contribution in [0.4, 0.5) is 0 Å². The Morgan fingerprint density at radius 2 is 1.76 bits per heavy atom. The summed E-state index contributed by atoms with van der Waals surface area (Å²) in [5, 5.41) is 0. The van der Waals surface area contributed by atoms with Crippen molar-refractivity contribution in [2.45, 2.75) is 20.4 Å². The summed E-state index contributed by atoms with van der Waals surface area (Å²) in [6, 6.07) is 14.2. The molecule has 0 saturated carbocycles. The number of carbonyl (C=O) groups excluding carboxylic acids is 2. The van der Waals surface area contributed by atoms with E-state index in [4.69, 9.17) is 14.2 Å². The molecular weight excluding hydrogens is 442 g/mol. The standard InChI is InChI=1S/C25H25NO6S/c1-4-31-20-9-7-6-8-19(20)14-21-24(28)26(22(33-21)15-23(27)32-5-2)16-17-10-12-18(13-11-17)25(29)30-3/h6-15H,4-5,16H2,1-3H3/b21-14-,22-15-. The molecule has 3 aromatic rings. The van der Waals surface area contributed by atoms with E-state index in [-0.39, 0.29) is 18.7 Å². The number of hydrogen-bond acceptors (Lipinski definition) is 7. The second-order valence-electron chi connectivity index (χ2n) is 6.90. The van der Waals surface area contributed by atoms with Crippen LogP contribution in [0.5, 0.6) is 5.75 Å². The van der Waals surface area contributed by atoms with Crippen molar-refractivity contribution in [1.82, 2.24) is 4.57 Å². The number of thiazole rings is 1. The minimum atomic E-state index is -0.519. The fourth-order valence-corrected chi connectivity index (χ4v) is 4.17. The van der Waals surface area contributed by atoms with Gasteiger partial charge in [0, 0.05) is 5.56 Å². The van der Waals surface area contributed by atoms with Crippen LogP contribution in [0.3, 0.4) is 0 Å². The van der Waals surface area contributed by atoms with Gasteiger partial charge in [-0.05, 0) is 43.7 Å². The molecule has 1 heterocycles. The summed E-state index contributed by atoms with van der Waals surface area (Å²) < 4.78 is 17.9. The third-order valence-electron chi connectivity index (χ3n) is 4.69. The number of ether oxygens (including phenoxy) is 3. The molecule has 7 nitrogen and oxygen atoms in total. The molecule has 172 valence electrons. The fourth-order valence-electron chi connectivity index (χ4n) is 3.15. The Hall–Kier alpha value is -3.65. The van der Waals surface area contributed by atoms with Crippen LogP contribution in [0.25, 0.3) is 12.2 Å². The second-order valence-corrected chi connectivity index (χ2v) is 7.96. The van der Waals surface area contributed by atoms with Crippen LogP contribution in [-0.2, 0) is 20.8 Å². The number of carbonyl (C=O) groups is 2. The van der Waals surface area contributed by atoms with Crippen molar-refractivity contribution in [3.63, 3.8) is 0 Å². The summed E-state index contributed by atoms with van der Waals surface area (Å²) in [5.41, 5.74) is 1.75. The molecule has 33 heavy (non-hydrogen) atoms. The van der Waals surface area contributed by atoms with E-state index < -0.39 is 11.9 Å². The maximum absolute atomic E-state index is 13.3. The molecule has 0 spiro atoms. The van der Waals surface area contributed by atoms with E-state index in [1.54, 1.807) is 37.3 Å². The summed E-state index contributed by atoms with van der Waals surface area (Å²) in [4.78, 5) is 37.1. The van der Waals surface area contributed by atoms with Gasteiger partial charge in [-0.1, -0.05) is 30.3 Å². The van der Waals surface area contributed by atoms with E-state index >= 15 is 0 Å². The van der Waals surface area contributed by atoms with Gasteiger partial charge in [0.1, 0.15) is 10.4 Å². The topological polar surface area (TPSA) is 83.8 Å².